The Morgan fingerprint density at radius 3 is 2.88 bits per heavy atom. The van der Waals surface area contributed by atoms with Gasteiger partial charge in [0.15, 0.2) is 0 Å². The molecule has 1 atom stereocenters. The van der Waals surface area contributed by atoms with E-state index >= 15 is 0 Å². The average Bonchev–Trinajstić information content (AvgIpc) is 3.25. The summed E-state index contributed by atoms with van der Waals surface area (Å²) in [7, 11) is 0. The summed E-state index contributed by atoms with van der Waals surface area (Å²) in [6.07, 6.45) is 3.77. The summed E-state index contributed by atoms with van der Waals surface area (Å²) in [4.78, 5) is 12.2. The zero-order valence-corrected chi connectivity index (χ0v) is 12.8. The number of nitrogens with one attached hydrogen (secondary N) is 1. The van der Waals surface area contributed by atoms with Crippen LogP contribution in [-0.2, 0) is 11.3 Å². The number of carbonyl (C=O) groups excluding carboxylic acids is 1. The van der Waals surface area contributed by atoms with Crippen LogP contribution in [0.4, 0.5) is 5.82 Å². The maximum Gasteiger partial charge on any atom is 0.226 e. The number of hydrogen-bond acceptors (Lipinski definition) is 4. The van der Waals surface area contributed by atoms with Crippen LogP contribution in [0.3, 0.4) is 0 Å². The number of nitrogens with zero attached hydrogens (tertiary/aromatic N) is 3. The van der Waals surface area contributed by atoms with E-state index in [1.54, 1.807) is 29.3 Å². The highest BCUT2D eigenvalue weighted by molar-refractivity contribution is 5.94. The molecule has 0 aliphatic carbocycles. The van der Waals surface area contributed by atoms with Gasteiger partial charge in [-0.25, -0.2) is 4.68 Å². The second-order valence-corrected chi connectivity index (χ2v) is 5.72. The van der Waals surface area contributed by atoms with Gasteiger partial charge in [-0.3, -0.25) is 4.79 Å². The van der Waals surface area contributed by atoms with E-state index in [9.17, 15) is 4.79 Å². The molecule has 1 N–H and O–H groups in total. The van der Waals surface area contributed by atoms with Crippen molar-refractivity contribution in [1.29, 1.82) is 5.26 Å². The number of furan rings is 1. The maximum atomic E-state index is 12.2. The van der Waals surface area contributed by atoms with Gasteiger partial charge in [-0.2, -0.15) is 10.4 Å². The third kappa shape index (κ3) is 2.46. The first-order chi connectivity index (χ1) is 11.7. The van der Waals surface area contributed by atoms with E-state index in [4.69, 9.17) is 9.68 Å². The summed E-state index contributed by atoms with van der Waals surface area (Å²) in [5.74, 6) is 1.37. The summed E-state index contributed by atoms with van der Waals surface area (Å²) in [5.41, 5.74) is 2.58. The fourth-order valence-electron chi connectivity index (χ4n) is 3.03. The molecule has 1 aliphatic heterocycles. The van der Waals surface area contributed by atoms with Gasteiger partial charge in [-0.1, -0.05) is 12.1 Å². The molecular weight excluding hydrogens is 304 g/mol. The lowest BCUT2D eigenvalue weighted by Gasteiger charge is -2.23. The van der Waals surface area contributed by atoms with Crippen molar-refractivity contribution in [3.8, 4) is 6.07 Å². The zero-order valence-electron chi connectivity index (χ0n) is 12.8. The monoisotopic (exact) mass is 318 g/mol. The molecule has 0 radical (unpaired) electrons. The maximum absolute atomic E-state index is 12.2. The fraction of sp³-hybridized carbons (Fsp3) is 0.167. The molecule has 3 aromatic rings. The molecule has 0 fully saturated rings. The van der Waals surface area contributed by atoms with Crippen LogP contribution in [0.25, 0.3) is 0 Å². The number of anilines is 1. The Bertz CT molecular complexity index is 917. The van der Waals surface area contributed by atoms with Crippen molar-refractivity contribution in [2.24, 2.45) is 0 Å². The molecule has 4 rings (SSSR count). The summed E-state index contributed by atoms with van der Waals surface area (Å²) in [5, 5.41) is 16.2. The van der Waals surface area contributed by atoms with Crippen LogP contribution in [0.15, 0.2) is 53.3 Å². The van der Waals surface area contributed by atoms with Gasteiger partial charge in [0.2, 0.25) is 5.91 Å². The predicted molar refractivity (Wildman–Crippen MR) is 86.3 cm³/mol. The van der Waals surface area contributed by atoms with Crippen LogP contribution in [0.2, 0.25) is 0 Å². The average molecular weight is 318 g/mol. The number of benzene rings is 1. The van der Waals surface area contributed by atoms with Gasteiger partial charge in [-0.05, 0) is 29.8 Å². The van der Waals surface area contributed by atoms with Crippen molar-refractivity contribution in [3.63, 3.8) is 0 Å². The third-order valence-corrected chi connectivity index (χ3v) is 4.22. The van der Waals surface area contributed by atoms with E-state index < -0.39 is 0 Å². The van der Waals surface area contributed by atoms with Crippen molar-refractivity contribution < 1.29 is 9.21 Å². The Morgan fingerprint density at radius 2 is 2.17 bits per heavy atom. The van der Waals surface area contributed by atoms with Gasteiger partial charge in [-0.15, -0.1) is 0 Å². The van der Waals surface area contributed by atoms with Gasteiger partial charge >= 0.3 is 0 Å². The Kier molecular flexibility index (Phi) is 3.39. The van der Waals surface area contributed by atoms with Crippen LogP contribution in [0.5, 0.6) is 0 Å². The number of amides is 1. The molecule has 0 spiro atoms. The molecule has 0 unspecified atom stereocenters. The van der Waals surface area contributed by atoms with Gasteiger partial charge in [0.1, 0.15) is 18.1 Å². The predicted octanol–water partition coefficient (Wildman–Crippen LogP) is 2.87. The molecule has 0 saturated carbocycles. The smallest absolute Gasteiger partial charge is 0.226 e. The van der Waals surface area contributed by atoms with Crippen LogP contribution in [-0.4, -0.2) is 15.7 Å². The van der Waals surface area contributed by atoms with Crippen LogP contribution < -0.4 is 5.32 Å². The van der Waals surface area contributed by atoms with E-state index in [0.29, 0.717) is 24.3 Å². The topological polar surface area (TPSA) is 83.9 Å². The second kappa shape index (κ2) is 5.70. The number of carbonyl (C=O) groups is 1. The van der Waals surface area contributed by atoms with E-state index in [2.05, 4.69) is 16.5 Å². The van der Waals surface area contributed by atoms with Crippen molar-refractivity contribution in [2.75, 3.05) is 5.32 Å². The standard InChI is InChI=1S/C18H14N4O2/c19-9-12-3-5-13(6-4-12)15-8-17(23)21-18-16(15)10-20-22(18)11-14-2-1-7-24-14/h1-7,10,15H,8,11H2,(H,21,23)/t15-/m1/s1. The highest BCUT2D eigenvalue weighted by atomic mass is 16.3. The minimum atomic E-state index is -0.0631. The lowest BCUT2D eigenvalue weighted by atomic mass is 9.87. The molecular formula is C18H14N4O2. The van der Waals surface area contributed by atoms with E-state index in [1.807, 2.05) is 24.3 Å². The molecule has 6 heteroatoms. The Balaban J connectivity index is 1.70. The lowest BCUT2D eigenvalue weighted by Crippen LogP contribution is -2.25. The summed E-state index contributed by atoms with van der Waals surface area (Å²) >= 11 is 0. The lowest BCUT2D eigenvalue weighted by molar-refractivity contribution is -0.116. The summed E-state index contributed by atoms with van der Waals surface area (Å²) in [6.45, 7) is 0.461. The van der Waals surface area contributed by atoms with Gasteiger partial charge in [0, 0.05) is 17.9 Å². The molecule has 1 aromatic carbocycles. The fourth-order valence-corrected chi connectivity index (χ4v) is 3.03. The van der Waals surface area contributed by atoms with Gasteiger partial charge in [0.25, 0.3) is 0 Å². The molecule has 1 aliphatic rings. The minimum Gasteiger partial charge on any atom is -0.467 e. The zero-order chi connectivity index (χ0) is 16.5. The number of fused-ring (bicyclic) bond motifs is 1. The normalized spacial score (nSPS) is 16.3. The molecule has 0 saturated heterocycles. The first-order valence-electron chi connectivity index (χ1n) is 7.62. The van der Waals surface area contributed by atoms with Crippen molar-refractivity contribution in [1.82, 2.24) is 9.78 Å². The van der Waals surface area contributed by atoms with E-state index in [0.717, 1.165) is 16.9 Å². The molecule has 6 nitrogen and oxygen atoms in total. The van der Waals surface area contributed by atoms with Gasteiger partial charge in [0.05, 0.1) is 24.1 Å². The van der Waals surface area contributed by atoms with Crippen molar-refractivity contribution in [3.05, 3.63) is 71.3 Å². The second-order valence-electron chi connectivity index (χ2n) is 5.72. The SMILES string of the molecule is N#Cc1ccc([C@H]2CC(=O)Nc3c2cnn3Cc2ccco2)cc1. The number of aromatic nitrogens is 2. The van der Waals surface area contributed by atoms with Crippen LogP contribution in [0, 0.1) is 11.3 Å². The number of nitriles is 1. The largest absolute Gasteiger partial charge is 0.467 e. The van der Waals surface area contributed by atoms with Crippen molar-refractivity contribution in [2.45, 2.75) is 18.9 Å². The molecule has 1 amide bonds. The van der Waals surface area contributed by atoms with Crippen molar-refractivity contribution >= 4 is 11.7 Å². The summed E-state index contributed by atoms with van der Waals surface area (Å²) in [6, 6.07) is 13.1. The molecule has 2 aromatic heterocycles. The summed E-state index contributed by atoms with van der Waals surface area (Å²) < 4.78 is 7.10. The molecule has 24 heavy (non-hydrogen) atoms. The number of hydrogen-bond donors (Lipinski definition) is 1. The van der Waals surface area contributed by atoms with E-state index in [1.165, 1.54) is 0 Å². The van der Waals surface area contributed by atoms with E-state index in [-0.39, 0.29) is 11.8 Å². The first kappa shape index (κ1) is 14.3. The molecule has 118 valence electrons. The first-order valence-corrected chi connectivity index (χ1v) is 7.62. The third-order valence-electron chi connectivity index (χ3n) is 4.22. The van der Waals surface area contributed by atoms with Crippen LogP contribution in [0.1, 0.15) is 34.8 Å². The van der Waals surface area contributed by atoms with Crippen LogP contribution >= 0.6 is 0 Å². The highest BCUT2D eigenvalue weighted by Gasteiger charge is 2.30. The van der Waals surface area contributed by atoms with Gasteiger partial charge < -0.3 is 9.73 Å². The quantitative estimate of drug-likeness (QED) is 0.805. The molecule has 0 bridgehead atoms. The molecule has 3 heterocycles. The number of rotatable bonds is 3. The Labute approximate surface area is 138 Å². The Hall–Kier alpha value is -3.33. The Morgan fingerprint density at radius 1 is 1.33 bits per heavy atom. The minimum absolute atomic E-state index is 0.0435. The highest BCUT2D eigenvalue weighted by Crippen LogP contribution is 2.37.